The van der Waals surface area contributed by atoms with Gasteiger partial charge in [-0.3, -0.25) is 9.59 Å². The van der Waals surface area contributed by atoms with E-state index in [2.05, 4.69) is 26.1 Å². The summed E-state index contributed by atoms with van der Waals surface area (Å²) >= 11 is 1.61. The first-order valence-electron chi connectivity index (χ1n) is 6.44. The van der Waals surface area contributed by atoms with Crippen LogP contribution in [0.4, 0.5) is 0 Å². The first kappa shape index (κ1) is 15.3. The van der Waals surface area contributed by atoms with Gasteiger partial charge in [-0.15, -0.1) is 11.8 Å². The lowest BCUT2D eigenvalue weighted by molar-refractivity contribution is -0.143. The number of thioether (sulfide) groups is 1. The molecule has 1 fully saturated rings. The quantitative estimate of drug-likeness (QED) is 0.824. The molecule has 0 aliphatic heterocycles. The summed E-state index contributed by atoms with van der Waals surface area (Å²) in [6, 6.07) is 0.0351. The second-order valence-electron chi connectivity index (χ2n) is 5.87. The maximum absolute atomic E-state index is 11.8. The number of amides is 1. The lowest BCUT2D eigenvalue weighted by atomic mass is 9.86. The van der Waals surface area contributed by atoms with Gasteiger partial charge >= 0.3 is 5.97 Å². The maximum Gasteiger partial charge on any atom is 0.306 e. The van der Waals surface area contributed by atoms with Crippen LogP contribution in [0.5, 0.6) is 0 Å². The number of carbonyl (C=O) groups is 2. The van der Waals surface area contributed by atoms with E-state index in [4.69, 9.17) is 5.11 Å². The number of hydrogen-bond donors (Lipinski definition) is 2. The van der Waals surface area contributed by atoms with Crippen LogP contribution in [0.1, 0.15) is 46.5 Å². The molecule has 1 saturated carbocycles. The van der Waals surface area contributed by atoms with Gasteiger partial charge in [-0.05, 0) is 19.3 Å². The molecule has 0 aromatic carbocycles. The van der Waals surface area contributed by atoms with Crippen molar-refractivity contribution in [2.24, 2.45) is 5.92 Å². The topological polar surface area (TPSA) is 66.4 Å². The SMILES string of the molecule is CC(C)(C)SCC(=O)NC1CCCC(C(=O)O)C1. The molecule has 1 aliphatic carbocycles. The van der Waals surface area contributed by atoms with Crippen molar-refractivity contribution >= 4 is 23.6 Å². The van der Waals surface area contributed by atoms with Crippen molar-refractivity contribution in [3.63, 3.8) is 0 Å². The molecule has 0 bridgehead atoms. The van der Waals surface area contributed by atoms with Crippen LogP contribution < -0.4 is 5.32 Å². The molecule has 0 aromatic heterocycles. The average molecular weight is 273 g/mol. The molecule has 104 valence electrons. The van der Waals surface area contributed by atoms with E-state index in [9.17, 15) is 9.59 Å². The number of nitrogens with one attached hydrogen (secondary N) is 1. The summed E-state index contributed by atoms with van der Waals surface area (Å²) in [7, 11) is 0. The molecule has 5 heteroatoms. The molecule has 0 radical (unpaired) electrons. The first-order chi connectivity index (χ1) is 8.28. The molecule has 2 atom stereocenters. The van der Waals surface area contributed by atoms with Crippen molar-refractivity contribution in [1.29, 1.82) is 0 Å². The largest absolute Gasteiger partial charge is 0.481 e. The Morgan fingerprint density at radius 2 is 2.00 bits per heavy atom. The fourth-order valence-electron chi connectivity index (χ4n) is 2.10. The van der Waals surface area contributed by atoms with Crippen molar-refractivity contribution in [3.8, 4) is 0 Å². The lowest BCUT2D eigenvalue weighted by Gasteiger charge is -2.27. The Bertz CT molecular complexity index is 312. The zero-order valence-electron chi connectivity index (χ0n) is 11.4. The highest BCUT2D eigenvalue weighted by molar-refractivity contribution is 8.01. The Labute approximate surface area is 113 Å². The van der Waals surface area contributed by atoms with Gasteiger partial charge in [0.1, 0.15) is 0 Å². The highest BCUT2D eigenvalue weighted by atomic mass is 32.2. The van der Waals surface area contributed by atoms with Crippen molar-refractivity contribution in [3.05, 3.63) is 0 Å². The first-order valence-corrected chi connectivity index (χ1v) is 7.42. The standard InChI is InChI=1S/C13H23NO3S/c1-13(2,3)18-8-11(15)14-10-6-4-5-9(7-10)12(16)17/h9-10H,4-8H2,1-3H3,(H,14,15)(H,16,17). The summed E-state index contributed by atoms with van der Waals surface area (Å²) in [5, 5.41) is 11.9. The lowest BCUT2D eigenvalue weighted by Crippen LogP contribution is -2.41. The van der Waals surface area contributed by atoms with E-state index in [-0.39, 0.29) is 22.6 Å². The van der Waals surface area contributed by atoms with Crippen molar-refractivity contribution < 1.29 is 14.7 Å². The monoisotopic (exact) mass is 273 g/mol. The van der Waals surface area contributed by atoms with E-state index >= 15 is 0 Å². The van der Waals surface area contributed by atoms with Crippen LogP contribution in [0.2, 0.25) is 0 Å². The van der Waals surface area contributed by atoms with E-state index in [0.717, 1.165) is 19.3 Å². The number of hydrogen-bond acceptors (Lipinski definition) is 3. The van der Waals surface area contributed by atoms with Crippen LogP contribution >= 0.6 is 11.8 Å². The summed E-state index contributed by atoms with van der Waals surface area (Å²) < 4.78 is 0.0769. The summed E-state index contributed by atoms with van der Waals surface area (Å²) in [4.78, 5) is 22.7. The zero-order valence-corrected chi connectivity index (χ0v) is 12.2. The average Bonchev–Trinajstić information content (AvgIpc) is 2.26. The van der Waals surface area contributed by atoms with E-state index in [1.54, 1.807) is 11.8 Å². The van der Waals surface area contributed by atoms with Crippen LogP contribution in [-0.2, 0) is 9.59 Å². The molecule has 0 heterocycles. The Hall–Kier alpha value is -0.710. The molecule has 4 nitrogen and oxygen atoms in total. The minimum Gasteiger partial charge on any atom is -0.481 e. The van der Waals surface area contributed by atoms with Gasteiger partial charge in [0.05, 0.1) is 11.7 Å². The normalized spacial score (nSPS) is 24.6. The summed E-state index contributed by atoms with van der Waals surface area (Å²) in [5.74, 6) is -0.569. The van der Waals surface area contributed by atoms with Crippen LogP contribution in [-0.4, -0.2) is 33.5 Å². The van der Waals surface area contributed by atoms with E-state index in [1.165, 1.54) is 0 Å². The minimum absolute atomic E-state index is 0.0194. The highest BCUT2D eigenvalue weighted by Gasteiger charge is 2.27. The molecule has 1 amide bonds. The number of carboxylic acids is 1. The molecule has 2 N–H and O–H groups in total. The number of rotatable bonds is 4. The van der Waals surface area contributed by atoms with Crippen molar-refractivity contribution in [2.45, 2.75) is 57.2 Å². The third kappa shape index (κ3) is 5.76. The number of carbonyl (C=O) groups excluding carboxylic acids is 1. The van der Waals surface area contributed by atoms with Crippen LogP contribution in [0.3, 0.4) is 0 Å². The second-order valence-corrected chi connectivity index (χ2v) is 7.67. The zero-order chi connectivity index (χ0) is 13.8. The fraction of sp³-hybridized carbons (Fsp3) is 0.846. The third-order valence-electron chi connectivity index (χ3n) is 3.02. The van der Waals surface area contributed by atoms with E-state index < -0.39 is 5.97 Å². The molecule has 18 heavy (non-hydrogen) atoms. The smallest absolute Gasteiger partial charge is 0.306 e. The molecule has 2 unspecified atom stereocenters. The molecule has 1 aliphatic rings. The highest BCUT2D eigenvalue weighted by Crippen LogP contribution is 2.25. The van der Waals surface area contributed by atoms with Gasteiger partial charge < -0.3 is 10.4 Å². The Morgan fingerprint density at radius 1 is 1.33 bits per heavy atom. The van der Waals surface area contributed by atoms with Gasteiger partial charge in [-0.2, -0.15) is 0 Å². The maximum atomic E-state index is 11.8. The van der Waals surface area contributed by atoms with Crippen molar-refractivity contribution in [2.75, 3.05) is 5.75 Å². The summed E-state index contributed by atoms with van der Waals surface area (Å²) in [6.07, 6.45) is 3.09. The Kier molecular flexibility index (Phi) is 5.50. The molecule has 0 aromatic rings. The summed E-state index contributed by atoms with van der Waals surface area (Å²) in [5.41, 5.74) is 0. The van der Waals surface area contributed by atoms with Gasteiger partial charge in [0.15, 0.2) is 0 Å². The fourth-order valence-corrected chi connectivity index (χ4v) is 2.74. The number of aliphatic carboxylic acids is 1. The molecule has 1 rings (SSSR count). The molecule has 0 saturated heterocycles. The minimum atomic E-state index is -0.738. The molecular formula is C13H23NO3S. The van der Waals surface area contributed by atoms with Gasteiger partial charge in [-0.25, -0.2) is 0 Å². The van der Waals surface area contributed by atoms with Crippen LogP contribution in [0.25, 0.3) is 0 Å². The van der Waals surface area contributed by atoms with Crippen molar-refractivity contribution in [1.82, 2.24) is 5.32 Å². The predicted molar refractivity (Wildman–Crippen MR) is 73.7 cm³/mol. The van der Waals surface area contributed by atoms with Gasteiger partial charge in [-0.1, -0.05) is 27.2 Å². The predicted octanol–water partition coefficient (Wildman–Crippen LogP) is 2.28. The van der Waals surface area contributed by atoms with Gasteiger partial charge in [0.2, 0.25) is 5.91 Å². The number of carboxylic acid groups (broad SMARTS) is 1. The second kappa shape index (κ2) is 6.45. The third-order valence-corrected chi connectivity index (χ3v) is 4.30. The van der Waals surface area contributed by atoms with Gasteiger partial charge in [0.25, 0.3) is 0 Å². The van der Waals surface area contributed by atoms with Crippen LogP contribution in [0.15, 0.2) is 0 Å². The van der Waals surface area contributed by atoms with Crippen LogP contribution in [0, 0.1) is 5.92 Å². The van der Waals surface area contributed by atoms with E-state index in [1.807, 2.05) is 0 Å². The molecular weight excluding hydrogens is 250 g/mol. The van der Waals surface area contributed by atoms with Gasteiger partial charge in [0, 0.05) is 10.8 Å². The Morgan fingerprint density at radius 3 is 2.56 bits per heavy atom. The van der Waals surface area contributed by atoms with E-state index in [0.29, 0.717) is 12.2 Å². The Balaban J connectivity index is 2.33. The molecule has 0 spiro atoms. The summed E-state index contributed by atoms with van der Waals surface area (Å²) in [6.45, 7) is 6.23.